The number of aromatic hydroxyl groups is 2. The average Bonchev–Trinajstić information content (AvgIpc) is 3.01. The van der Waals surface area contributed by atoms with E-state index in [-0.39, 0.29) is 17.5 Å². The van der Waals surface area contributed by atoms with E-state index in [2.05, 4.69) is 6.92 Å². The molecule has 248 valence electrons. The summed E-state index contributed by atoms with van der Waals surface area (Å²) < 4.78 is 5.24. The fraction of sp³-hybridized carbons (Fsp3) is 0.769. The third-order valence-electron chi connectivity index (χ3n) is 8.65. The number of benzene rings is 1. The SMILES string of the molecule is CCCCCCCCCCCCCCCCCCCCCCCCCCCCCCOC(=O)C=Cc1ccc(O)c(O)c1. The molecule has 0 aliphatic heterocycles. The highest BCUT2D eigenvalue weighted by molar-refractivity contribution is 5.87. The van der Waals surface area contributed by atoms with Crippen molar-refractivity contribution < 1.29 is 19.7 Å². The van der Waals surface area contributed by atoms with Crippen LogP contribution in [0.5, 0.6) is 11.5 Å². The highest BCUT2D eigenvalue weighted by Crippen LogP contribution is 2.25. The highest BCUT2D eigenvalue weighted by Gasteiger charge is 2.01. The second kappa shape index (κ2) is 30.1. The Labute approximate surface area is 266 Å². The second-order valence-electron chi connectivity index (χ2n) is 12.8. The minimum absolute atomic E-state index is 0.175. The molecule has 0 bridgehead atoms. The van der Waals surface area contributed by atoms with E-state index in [0.29, 0.717) is 12.2 Å². The van der Waals surface area contributed by atoms with E-state index in [0.717, 1.165) is 12.8 Å². The molecular weight excluding hydrogens is 532 g/mol. The number of rotatable bonds is 31. The number of phenols is 2. The van der Waals surface area contributed by atoms with Gasteiger partial charge in [-0.15, -0.1) is 0 Å². The van der Waals surface area contributed by atoms with Gasteiger partial charge in [0.05, 0.1) is 6.61 Å². The first kappa shape index (κ1) is 39.1. The number of esters is 1. The summed E-state index contributed by atoms with van der Waals surface area (Å²) in [5.74, 6) is -0.755. The highest BCUT2D eigenvalue weighted by atomic mass is 16.5. The molecule has 0 fully saturated rings. The Hall–Kier alpha value is -1.97. The lowest BCUT2D eigenvalue weighted by Crippen LogP contribution is -2.02. The van der Waals surface area contributed by atoms with Gasteiger partial charge in [0, 0.05) is 6.08 Å². The summed E-state index contributed by atoms with van der Waals surface area (Å²) in [6, 6.07) is 4.42. The Balaban J connectivity index is 1.71. The van der Waals surface area contributed by atoms with E-state index in [1.807, 2.05) is 0 Å². The van der Waals surface area contributed by atoms with E-state index in [1.54, 1.807) is 12.1 Å². The van der Waals surface area contributed by atoms with Crippen molar-refractivity contribution in [2.45, 2.75) is 187 Å². The molecule has 43 heavy (non-hydrogen) atoms. The first-order valence-electron chi connectivity index (χ1n) is 18.5. The van der Waals surface area contributed by atoms with Gasteiger partial charge in [0.1, 0.15) is 0 Å². The maximum Gasteiger partial charge on any atom is 0.330 e. The molecule has 0 saturated heterocycles. The molecule has 0 spiro atoms. The van der Waals surface area contributed by atoms with Crippen LogP contribution in [0, 0.1) is 0 Å². The Morgan fingerprint density at radius 2 is 0.884 bits per heavy atom. The Kier molecular flexibility index (Phi) is 27.3. The quantitative estimate of drug-likeness (QED) is 0.0385. The standard InChI is InChI=1S/C39H68O4/c1-2-3-4-5-6-7-8-9-10-11-12-13-14-15-16-17-18-19-20-21-22-23-24-25-26-27-28-29-34-43-39(42)33-31-36-30-32-37(40)38(41)35-36/h30-33,35,40-41H,2-29,34H2,1H3. The van der Waals surface area contributed by atoms with Crippen LogP contribution < -0.4 is 0 Å². The lowest BCUT2D eigenvalue weighted by Gasteiger charge is -2.05. The van der Waals surface area contributed by atoms with Gasteiger partial charge in [0.2, 0.25) is 0 Å². The molecule has 1 rings (SSSR count). The maximum absolute atomic E-state index is 11.8. The van der Waals surface area contributed by atoms with Crippen LogP contribution in [0.2, 0.25) is 0 Å². The first-order chi connectivity index (χ1) is 21.1. The third-order valence-corrected chi connectivity index (χ3v) is 8.65. The molecule has 2 N–H and O–H groups in total. The number of carbonyl (C=O) groups is 1. The lowest BCUT2D eigenvalue weighted by atomic mass is 10.0. The molecule has 0 saturated carbocycles. The van der Waals surface area contributed by atoms with Gasteiger partial charge in [-0.3, -0.25) is 0 Å². The van der Waals surface area contributed by atoms with Crippen molar-refractivity contribution in [2.24, 2.45) is 0 Å². The van der Waals surface area contributed by atoms with Crippen molar-refractivity contribution in [3.63, 3.8) is 0 Å². The predicted molar refractivity (Wildman–Crippen MR) is 185 cm³/mol. The van der Waals surface area contributed by atoms with Gasteiger partial charge < -0.3 is 14.9 Å². The second-order valence-corrected chi connectivity index (χ2v) is 12.8. The number of ether oxygens (including phenoxy) is 1. The molecular formula is C39H68O4. The monoisotopic (exact) mass is 601 g/mol. The Bertz CT molecular complexity index is 787. The maximum atomic E-state index is 11.8. The first-order valence-corrected chi connectivity index (χ1v) is 18.5. The minimum atomic E-state index is -0.377. The Morgan fingerprint density at radius 3 is 1.23 bits per heavy atom. The van der Waals surface area contributed by atoms with E-state index in [1.165, 1.54) is 185 Å². The van der Waals surface area contributed by atoms with Crippen LogP contribution in [0.25, 0.3) is 6.08 Å². The molecule has 4 nitrogen and oxygen atoms in total. The van der Waals surface area contributed by atoms with Crippen molar-refractivity contribution in [1.82, 2.24) is 0 Å². The van der Waals surface area contributed by atoms with E-state index < -0.39 is 0 Å². The molecule has 1 aromatic rings. The minimum Gasteiger partial charge on any atom is -0.504 e. The van der Waals surface area contributed by atoms with Crippen molar-refractivity contribution >= 4 is 12.0 Å². The molecule has 1 aromatic carbocycles. The zero-order chi connectivity index (χ0) is 31.1. The van der Waals surface area contributed by atoms with Crippen molar-refractivity contribution in [3.8, 4) is 11.5 Å². The summed E-state index contributed by atoms with van der Waals surface area (Å²) in [5.41, 5.74) is 0.637. The van der Waals surface area contributed by atoms with Crippen molar-refractivity contribution in [2.75, 3.05) is 6.61 Å². The summed E-state index contributed by atoms with van der Waals surface area (Å²) in [7, 11) is 0. The van der Waals surface area contributed by atoms with Crippen molar-refractivity contribution in [1.29, 1.82) is 0 Å². The third kappa shape index (κ3) is 26.2. The van der Waals surface area contributed by atoms with Crippen LogP contribution in [-0.4, -0.2) is 22.8 Å². The molecule has 0 radical (unpaired) electrons. The van der Waals surface area contributed by atoms with Gasteiger partial charge in [-0.1, -0.05) is 186 Å². The fourth-order valence-corrected chi connectivity index (χ4v) is 5.80. The van der Waals surface area contributed by atoms with Gasteiger partial charge >= 0.3 is 5.97 Å². The summed E-state index contributed by atoms with van der Waals surface area (Å²) in [4.78, 5) is 11.8. The normalized spacial score (nSPS) is 11.5. The average molecular weight is 601 g/mol. The molecule has 0 atom stereocenters. The van der Waals surface area contributed by atoms with Crippen LogP contribution in [-0.2, 0) is 9.53 Å². The lowest BCUT2D eigenvalue weighted by molar-refractivity contribution is -0.137. The molecule has 4 heteroatoms. The number of carbonyl (C=O) groups excluding carboxylic acids is 1. The van der Waals surface area contributed by atoms with Gasteiger partial charge in [-0.25, -0.2) is 4.79 Å². The van der Waals surface area contributed by atoms with Gasteiger partial charge in [-0.05, 0) is 30.2 Å². The largest absolute Gasteiger partial charge is 0.504 e. The van der Waals surface area contributed by atoms with Crippen molar-refractivity contribution in [3.05, 3.63) is 29.8 Å². The van der Waals surface area contributed by atoms with E-state index in [9.17, 15) is 15.0 Å². The number of hydrogen-bond acceptors (Lipinski definition) is 4. The molecule has 0 aromatic heterocycles. The summed E-state index contributed by atoms with van der Waals surface area (Å²) >= 11 is 0. The van der Waals surface area contributed by atoms with E-state index in [4.69, 9.17) is 4.74 Å². The van der Waals surface area contributed by atoms with E-state index >= 15 is 0 Å². The zero-order valence-electron chi connectivity index (χ0n) is 28.1. The van der Waals surface area contributed by atoms with Gasteiger partial charge in [-0.2, -0.15) is 0 Å². The predicted octanol–water partition coefficient (Wildman–Crippen LogP) is 12.6. The van der Waals surface area contributed by atoms with Crippen LogP contribution in [0.3, 0.4) is 0 Å². The molecule has 0 amide bonds. The smallest absolute Gasteiger partial charge is 0.330 e. The molecule has 0 unspecified atom stereocenters. The topological polar surface area (TPSA) is 66.8 Å². The molecule has 0 aliphatic rings. The zero-order valence-corrected chi connectivity index (χ0v) is 28.1. The Morgan fingerprint density at radius 1 is 0.535 bits per heavy atom. The number of unbranched alkanes of at least 4 members (excludes halogenated alkanes) is 27. The summed E-state index contributed by atoms with van der Waals surface area (Å²) in [6.45, 7) is 2.74. The molecule has 0 heterocycles. The molecule has 0 aliphatic carbocycles. The summed E-state index contributed by atoms with van der Waals surface area (Å²) in [5, 5.41) is 18.8. The summed E-state index contributed by atoms with van der Waals surface area (Å²) in [6.07, 6.45) is 41.8. The van der Waals surface area contributed by atoms with Crippen LogP contribution in [0.4, 0.5) is 0 Å². The number of phenolic OH excluding ortho intramolecular Hbond substituents is 2. The number of hydrogen-bond donors (Lipinski definition) is 2. The van der Waals surface area contributed by atoms with Crippen LogP contribution >= 0.6 is 0 Å². The van der Waals surface area contributed by atoms with Gasteiger partial charge in [0.15, 0.2) is 11.5 Å². The van der Waals surface area contributed by atoms with Crippen LogP contribution in [0.15, 0.2) is 24.3 Å². The van der Waals surface area contributed by atoms with Crippen LogP contribution in [0.1, 0.15) is 192 Å². The van der Waals surface area contributed by atoms with Gasteiger partial charge in [0.25, 0.3) is 0 Å². The fourth-order valence-electron chi connectivity index (χ4n) is 5.80.